The number of carbonyl (C=O) groups excluding carboxylic acids is 1. The Bertz CT molecular complexity index is 399. The number of azide groups is 1. The van der Waals surface area contributed by atoms with Crippen LogP contribution in [0.1, 0.15) is 24.8 Å². The van der Waals surface area contributed by atoms with E-state index in [1.165, 1.54) is 0 Å². The number of ether oxygens (including phenoxy) is 1. The van der Waals surface area contributed by atoms with Crippen molar-refractivity contribution in [3.63, 3.8) is 0 Å². The van der Waals surface area contributed by atoms with Gasteiger partial charge in [0.1, 0.15) is 0 Å². The Balaban J connectivity index is 2.73. The summed E-state index contributed by atoms with van der Waals surface area (Å²) in [6, 6.07) is 9.51. The van der Waals surface area contributed by atoms with E-state index in [1.807, 2.05) is 30.3 Å². The molecule has 5 nitrogen and oxygen atoms in total. The van der Waals surface area contributed by atoms with E-state index in [4.69, 9.17) is 10.3 Å². The number of carbonyl (C=O) groups is 1. The van der Waals surface area contributed by atoms with Gasteiger partial charge in [0.2, 0.25) is 0 Å². The van der Waals surface area contributed by atoms with E-state index in [0.717, 1.165) is 5.56 Å². The Kier molecular flexibility index (Phi) is 5.61. The second-order valence-electron chi connectivity index (χ2n) is 3.53. The zero-order valence-electron chi connectivity index (χ0n) is 9.74. The van der Waals surface area contributed by atoms with Gasteiger partial charge in [0.05, 0.1) is 13.0 Å². The van der Waals surface area contributed by atoms with Crippen LogP contribution < -0.4 is 0 Å². The molecule has 1 atom stereocenters. The van der Waals surface area contributed by atoms with Crippen LogP contribution >= 0.6 is 0 Å². The van der Waals surface area contributed by atoms with Crippen molar-refractivity contribution in [1.29, 1.82) is 0 Å². The Morgan fingerprint density at radius 2 is 2.18 bits per heavy atom. The summed E-state index contributed by atoms with van der Waals surface area (Å²) in [7, 11) is 0. The molecule has 5 heteroatoms. The molecule has 0 spiro atoms. The molecule has 1 aromatic carbocycles. The van der Waals surface area contributed by atoms with Gasteiger partial charge in [0, 0.05) is 11.5 Å². The number of esters is 1. The fourth-order valence-corrected chi connectivity index (χ4v) is 1.57. The predicted octanol–water partition coefficient (Wildman–Crippen LogP) is 3.03. The highest BCUT2D eigenvalue weighted by atomic mass is 16.5. The lowest BCUT2D eigenvalue weighted by Crippen LogP contribution is -2.12. The average molecular weight is 233 g/mol. The quantitative estimate of drug-likeness (QED) is 0.328. The van der Waals surface area contributed by atoms with Gasteiger partial charge in [-0.15, -0.1) is 0 Å². The molecule has 0 unspecified atom stereocenters. The summed E-state index contributed by atoms with van der Waals surface area (Å²) in [5, 5.41) is 3.53. The molecule has 0 radical (unpaired) electrons. The molecule has 0 bridgehead atoms. The Morgan fingerprint density at radius 1 is 1.47 bits per heavy atom. The molecule has 17 heavy (non-hydrogen) atoms. The first-order valence-electron chi connectivity index (χ1n) is 5.49. The van der Waals surface area contributed by atoms with E-state index in [-0.39, 0.29) is 24.9 Å². The van der Waals surface area contributed by atoms with E-state index >= 15 is 0 Å². The third-order valence-electron chi connectivity index (χ3n) is 2.35. The van der Waals surface area contributed by atoms with Gasteiger partial charge in [-0.2, -0.15) is 0 Å². The minimum Gasteiger partial charge on any atom is -0.466 e. The van der Waals surface area contributed by atoms with Crippen LogP contribution in [0.4, 0.5) is 0 Å². The fourth-order valence-electron chi connectivity index (χ4n) is 1.57. The largest absolute Gasteiger partial charge is 0.466 e. The monoisotopic (exact) mass is 233 g/mol. The molecule has 0 amide bonds. The van der Waals surface area contributed by atoms with Gasteiger partial charge in [-0.25, -0.2) is 0 Å². The van der Waals surface area contributed by atoms with E-state index in [1.54, 1.807) is 6.92 Å². The van der Waals surface area contributed by atoms with Crippen LogP contribution in [0.5, 0.6) is 0 Å². The van der Waals surface area contributed by atoms with Gasteiger partial charge in [0.25, 0.3) is 0 Å². The molecular formula is C12H15N3O2. The molecule has 0 aromatic heterocycles. The second kappa shape index (κ2) is 7.30. The molecule has 1 aromatic rings. The maximum Gasteiger partial charge on any atom is 0.306 e. The minimum absolute atomic E-state index is 0.119. The van der Waals surface area contributed by atoms with Crippen molar-refractivity contribution in [3.8, 4) is 0 Å². The summed E-state index contributed by atoms with van der Waals surface area (Å²) in [5.41, 5.74) is 9.32. The van der Waals surface area contributed by atoms with Crippen LogP contribution in [0.25, 0.3) is 10.4 Å². The fraction of sp³-hybridized carbons (Fsp3) is 0.417. The first kappa shape index (κ1) is 13.1. The van der Waals surface area contributed by atoms with Crippen LogP contribution in [0.3, 0.4) is 0 Å². The van der Waals surface area contributed by atoms with Crippen molar-refractivity contribution in [2.24, 2.45) is 5.11 Å². The van der Waals surface area contributed by atoms with E-state index in [0.29, 0.717) is 6.61 Å². The van der Waals surface area contributed by atoms with Crippen LogP contribution in [0, 0.1) is 0 Å². The highest BCUT2D eigenvalue weighted by Gasteiger charge is 2.15. The smallest absolute Gasteiger partial charge is 0.306 e. The second-order valence-corrected chi connectivity index (χ2v) is 3.53. The van der Waals surface area contributed by atoms with Gasteiger partial charge < -0.3 is 4.74 Å². The van der Waals surface area contributed by atoms with Gasteiger partial charge in [-0.1, -0.05) is 35.4 Å². The number of benzene rings is 1. The summed E-state index contributed by atoms with van der Waals surface area (Å²) in [5.74, 6) is -0.388. The molecule has 0 fully saturated rings. The van der Waals surface area contributed by atoms with Gasteiger partial charge in [-0.3, -0.25) is 4.79 Å². The highest BCUT2D eigenvalue weighted by Crippen LogP contribution is 2.20. The molecule has 1 rings (SSSR count). The molecule has 0 saturated heterocycles. The maximum absolute atomic E-state index is 11.4. The average Bonchev–Trinajstić information content (AvgIpc) is 2.36. The molecule has 90 valence electrons. The van der Waals surface area contributed by atoms with Crippen molar-refractivity contribution in [2.75, 3.05) is 13.2 Å². The first-order valence-corrected chi connectivity index (χ1v) is 5.49. The van der Waals surface area contributed by atoms with Gasteiger partial charge in [0.15, 0.2) is 0 Å². The molecule has 0 saturated carbocycles. The standard InChI is InChI=1S/C12H15N3O2/c1-2-17-12(16)8-11(9-14-15-13)10-6-4-3-5-7-10/h3-7,11H,2,8-9H2,1H3/t11-/m1/s1. The molecule has 0 N–H and O–H groups in total. The number of hydrogen-bond acceptors (Lipinski definition) is 3. The zero-order valence-corrected chi connectivity index (χ0v) is 9.74. The molecule has 0 aliphatic rings. The normalized spacial score (nSPS) is 11.4. The Hall–Kier alpha value is -2.00. The topological polar surface area (TPSA) is 75.1 Å². The summed E-state index contributed by atoms with van der Waals surface area (Å²) in [4.78, 5) is 14.2. The van der Waals surface area contributed by atoms with E-state index < -0.39 is 0 Å². The number of nitrogens with zero attached hydrogens (tertiary/aromatic N) is 3. The lowest BCUT2D eigenvalue weighted by Gasteiger charge is -2.13. The molecular weight excluding hydrogens is 218 g/mol. The number of hydrogen-bond donors (Lipinski definition) is 0. The number of rotatable bonds is 6. The minimum atomic E-state index is -0.269. The van der Waals surface area contributed by atoms with E-state index in [2.05, 4.69) is 10.0 Å². The summed E-state index contributed by atoms with van der Waals surface area (Å²) >= 11 is 0. The van der Waals surface area contributed by atoms with Crippen LogP contribution in [-0.4, -0.2) is 19.1 Å². The van der Waals surface area contributed by atoms with Crippen molar-refractivity contribution in [1.82, 2.24) is 0 Å². The van der Waals surface area contributed by atoms with Crippen molar-refractivity contribution in [2.45, 2.75) is 19.3 Å². The zero-order chi connectivity index (χ0) is 12.5. The molecule has 0 aliphatic carbocycles. The first-order chi connectivity index (χ1) is 8.27. The lowest BCUT2D eigenvalue weighted by atomic mass is 9.96. The van der Waals surface area contributed by atoms with Crippen LogP contribution in [-0.2, 0) is 9.53 Å². The van der Waals surface area contributed by atoms with Crippen LogP contribution in [0.2, 0.25) is 0 Å². The van der Waals surface area contributed by atoms with Crippen LogP contribution in [0.15, 0.2) is 35.4 Å². The third kappa shape index (κ3) is 4.57. The van der Waals surface area contributed by atoms with Crippen molar-refractivity contribution < 1.29 is 9.53 Å². The molecule has 0 heterocycles. The van der Waals surface area contributed by atoms with E-state index in [9.17, 15) is 4.79 Å². The SMILES string of the molecule is CCOC(=O)C[C@H](CN=[N+]=[N-])c1ccccc1. The third-order valence-corrected chi connectivity index (χ3v) is 2.35. The maximum atomic E-state index is 11.4. The summed E-state index contributed by atoms with van der Waals surface area (Å²) < 4.78 is 4.90. The lowest BCUT2D eigenvalue weighted by molar-refractivity contribution is -0.143. The van der Waals surface area contributed by atoms with Crippen molar-refractivity contribution >= 4 is 5.97 Å². The van der Waals surface area contributed by atoms with Crippen molar-refractivity contribution in [3.05, 3.63) is 46.3 Å². The Morgan fingerprint density at radius 3 is 2.76 bits per heavy atom. The van der Waals surface area contributed by atoms with Gasteiger partial charge >= 0.3 is 5.97 Å². The summed E-state index contributed by atoms with van der Waals surface area (Å²) in [6.45, 7) is 2.39. The highest BCUT2D eigenvalue weighted by molar-refractivity contribution is 5.70. The summed E-state index contributed by atoms with van der Waals surface area (Å²) in [6.07, 6.45) is 0.233. The Labute approximate surface area is 100 Å². The van der Waals surface area contributed by atoms with Gasteiger partial charge in [-0.05, 0) is 23.9 Å². The molecule has 0 aliphatic heterocycles. The predicted molar refractivity (Wildman–Crippen MR) is 64.4 cm³/mol.